The Hall–Kier alpha value is -2.34. The van der Waals surface area contributed by atoms with Crippen LogP contribution in [0, 0.1) is 18.6 Å². The maximum atomic E-state index is 13.2. The Kier molecular flexibility index (Phi) is 4.09. The fourth-order valence-corrected chi connectivity index (χ4v) is 3.17. The molecule has 0 radical (unpaired) electrons. The third-order valence-electron chi connectivity index (χ3n) is 3.50. The smallest absolute Gasteiger partial charge is 0.336 e. The van der Waals surface area contributed by atoms with Crippen molar-refractivity contribution in [1.82, 2.24) is 0 Å². The molecule has 0 bridgehead atoms. The Labute approximate surface area is 134 Å². The highest BCUT2D eigenvalue weighted by molar-refractivity contribution is 7.98. The monoisotopic (exact) mass is 334 g/mol. The maximum Gasteiger partial charge on any atom is 0.336 e. The summed E-state index contributed by atoms with van der Waals surface area (Å²) in [6.45, 7) is 1.66. The molecular weight excluding hydrogens is 322 g/mol. The molecule has 0 aliphatic heterocycles. The maximum absolute atomic E-state index is 13.2. The van der Waals surface area contributed by atoms with Crippen molar-refractivity contribution in [2.24, 2.45) is 0 Å². The SMILES string of the molecule is Cc1c(O)ccc2c(CSc3ccc(F)c(F)c3)cc(=O)oc12. The summed E-state index contributed by atoms with van der Waals surface area (Å²) >= 11 is 1.28. The van der Waals surface area contributed by atoms with Gasteiger partial charge in [-0.05, 0) is 42.8 Å². The summed E-state index contributed by atoms with van der Waals surface area (Å²) in [5, 5.41) is 10.4. The molecule has 6 heteroatoms. The van der Waals surface area contributed by atoms with Crippen LogP contribution >= 0.6 is 11.8 Å². The highest BCUT2D eigenvalue weighted by Gasteiger charge is 2.11. The predicted molar refractivity (Wildman–Crippen MR) is 84.8 cm³/mol. The van der Waals surface area contributed by atoms with E-state index in [0.29, 0.717) is 32.7 Å². The van der Waals surface area contributed by atoms with E-state index in [1.54, 1.807) is 13.0 Å². The van der Waals surface area contributed by atoms with E-state index in [0.717, 1.165) is 12.1 Å². The summed E-state index contributed by atoms with van der Waals surface area (Å²) < 4.78 is 31.3. The van der Waals surface area contributed by atoms with Gasteiger partial charge in [-0.15, -0.1) is 11.8 Å². The molecule has 0 aliphatic rings. The Morgan fingerprint density at radius 2 is 1.91 bits per heavy atom. The molecular formula is C17H12F2O3S. The number of thioether (sulfide) groups is 1. The first-order valence-corrected chi connectivity index (χ1v) is 7.77. The van der Waals surface area contributed by atoms with Gasteiger partial charge in [0.25, 0.3) is 0 Å². The van der Waals surface area contributed by atoms with Crippen LogP contribution in [0.15, 0.2) is 50.5 Å². The van der Waals surface area contributed by atoms with Gasteiger partial charge in [-0.2, -0.15) is 0 Å². The molecule has 23 heavy (non-hydrogen) atoms. The van der Waals surface area contributed by atoms with Crippen molar-refractivity contribution in [3.8, 4) is 5.75 Å². The zero-order valence-corrected chi connectivity index (χ0v) is 12.9. The standard InChI is InChI=1S/C17H12F2O3S/c1-9-15(20)5-3-12-10(6-16(21)22-17(9)12)8-23-11-2-4-13(18)14(19)7-11/h2-7,20H,8H2,1H3. The van der Waals surface area contributed by atoms with Gasteiger partial charge in [0.05, 0.1) is 0 Å². The number of aromatic hydroxyl groups is 1. The molecule has 0 fully saturated rings. The van der Waals surface area contributed by atoms with Crippen LogP contribution in [-0.4, -0.2) is 5.11 Å². The number of benzene rings is 2. The number of aryl methyl sites for hydroxylation is 1. The fourth-order valence-electron chi connectivity index (χ4n) is 2.26. The average Bonchev–Trinajstić information content (AvgIpc) is 2.52. The van der Waals surface area contributed by atoms with Gasteiger partial charge in [0, 0.05) is 27.7 Å². The molecule has 1 aromatic heterocycles. The number of phenols is 1. The predicted octanol–water partition coefficient (Wildman–Crippen LogP) is 4.38. The molecule has 0 spiro atoms. The van der Waals surface area contributed by atoms with Gasteiger partial charge >= 0.3 is 5.63 Å². The molecule has 0 saturated carbocycles. The second kappa shape index (κ2) is 6.04. The van der Waals surface area contributed by atoms with Crippen LogP contribution in [-0.2, 0) is 5.75 Å². The van der Waals surface area contributed by atoms with Crippen LogP contribution in [0.25, 0.3) is 11.0 Å². The van der Waals surface area contributed by atoms with Crippen LogP contribution in [0.3, 0.4) is 0 Å². The first kappa shape index (κ1) is 15.6. The molecule has 3 aromatic rings. The van der Waals surface area contributed by atoms with Crippen molar-refractivity contribution in [2.45, 2.75) is 17.6 Å². The minimum absolute atomic E-state index is 0.0473. The second-order valence-corrected chi connectivity index (χ2v) is 6.09. The molecule has 0 aliphatic carbocycles. The zero-order valence-electron chi connectivity index (χ0n) is 12.1. The van der Waals surface area contributed by atoms with Gasteiger partial charge in [-0.3, -0.25) is 0 Å². The molecule has 2 aromatic carbocycles. The van der Waals surface area contributed by atoms with Crippen molar-refractivity contribution >= 4 is 22.7 Å². The normalized spacial score (nSPS) is 11.1. The molecule has 0 atom stereocenters. The quantitative estimate of drug-likeness (QED) is 0.570. The lowest BCUT2D eigenvalue weighted by molar-refractivity contribution is 0.468. The zero-order chi connectivity index (χ0) is 16.6. The topological polar surface area (TPSA) is 50.4 Å². The molecule has 0 amide bonds. The molecule has 0 saturated heterocycles. The molecule has 0 unspecified atom stereocenters. The van der Waals surface area contributed by atoms with Gasteiger partial charge in [0.2, 0.25) is 0 Å². The van der Waals surface area contributed by atoms with Gasteiger partial charge < -0.3 is 9.52 Å². The number of hydrogen-bond donors (Lipinski definition) is 1. The number of halogens is 2. The van der Waals surface area contributed by atoms with Gasteiger partial charge in [0.15, 0.2) is 11.6 Å². The summed E-state index contributed by atoms with van der Waals surface area (Å²) in [5.74, 6) is -1.37. The van der Waals surface area contributed by atoms with Crippen LogP contribution in [0.1, 0.15) is 11.1 Å². The van der Waals surface area contributed by atoms with E-state index >= 15 is 0 Å². The highest BCUT2D eigenvalue weighted by Crippen LogP contribution is 2.31. The van der Waals surface area contributed by atoms with E-state index in [1.807, 2.05) is 0 Å². The molecule has 1 N–H and O–H groups in total. The Balaban J connectivity index is 1.98. The first-order chi connectivity index (χ1) is 11.0. The van der Waals surface area contributed by atoms with Gasteiger partial charge in [0.1, 0.15) is 11.3 Å². The Morgan fingerprint density at radius 1 is 1.13 bits per heavy atom. The lowest BCUT2D eigenvalue weighted by Crippen LogP contribution is -2.01. The van der Waals surface area contributed by atoms with E-state index in [1.165, 1.54) is 30.0 Å². The molecule has 1 heterocycles. The number of rotatable bonds is 3. The summed E-state index contributed by atoms with van der Waals surface area (Å²) in [6.07, 6.45) is 0. The minimum Gasteiger partial charge on any atom is -0.508 e. The van der Waals surface area contributed by atoms with Crippen LogP contribution < -0.4 is 5.63 Å². The summed E-state index contributed by atoms with van der Waals surface area (Å²) in [7, 11) is 0. The molecule has 3 rings (SSSR count). The van der Waals surface area contributed by atoms with Crippen molar-refractivity contribution in [2.75, 3.05) is 0 Å². The largest absolute Gasteiger partial charge is 0.508 e. The molecule has 3 nitrogen and oxygen atoms in total. The van der Waals surface area contributed by atoms with E-state index in [2.05, 4.69) is 0 Å². The number of phenolic OH excluding ortho intramolecular Hbond substituents is 1. The van der Waals surface area contributed by atoms with E-state index in [4.69, 9.17) is 4.42 Å². The summed E-state index contributed by atoms with van der Waals surface area (Å²) in [6, 6.07) is 8.23. The third kappa shape index (κ3) is 3.07. The Morgan fingerprint density at radius 3 is 2.65 bits per heavy atom. The van der Waals surface area contributed by atoms with Crippen molar-refractivity contribution in [3.05, 3.63) is 69.6 Å². The van der Waals surface area contributed by atoms with E-state index in [9.17, 15) is 18.7 Å². The lowest BCUT2D eigenvalue weighted by atomic mass is 10.1. The van der Waals surface area contributed by atoms with Crippen LogP contribution in [0.4, 0.5) is 8.78 Å². The number of hydrogen-bond acceptors (Lipinski definition) is 4. The summed E-state index contributed by atoms with van der Waals surface area (Å²) in [4.78, 5) is 12.3. The van der Waals surface area contributed by atoms with Crippen molar-refractivity contribution in [3.63, 3.8) is 0 Å². The van der Waals surface area contributed by atoms with E-state index in [-0.39, 0.29) is 5.75 Å². The highest BCUT2D eigenvalue weighted by atomic mass is 32.2. The van der Waals surface area contributed by atoms with Crippen LogP contribution in [0.2, 0.25) is 0 Å². The van der Waals surface area contributed by atoms with E-state index < -0.39 is 17.3 Å². The fraction of sp³-hybridized carbons (Fsp3) is 0.118. The van der Waals surface area contributed by atoms with Gasteiger partial charge in [-0.1, -0.05) is 0 Å². The average molecular weight is 334 g/mol. The van der Waals surface area contributed by atoms with Gasteiger partial charge in [-0.25, -0.2) is 13.6 Å². The number of fused-ring (bicyclic) bond motifs is 1. The van der Waals surface area contributed by atoms with Crippen molar-refractivity contribution < 1.29 is 18.3 Å². The second-order valence-electron chi connectivity index (χ2n) is 5.04. The van der Waals surface area contributed by atoms with Crippen molar-refractivity contribution in [1.29, 1.82) is 0 Å². The minimum atomic E-state index is -0.909. The first-order valence-electron chi connectivity index (χ1n) is 6.79. The molecule has 118 valence electrons. The Bertz CT molecular complexity index is 950. The van der Waals surface area contributed by atoms with Crippen LogP contribution in [0.5, 0.6) is 5.75 Å². The third-order valence-corrected chi connectivity index (χ3v) is 4.55. The summed E-state index contributed by atoms with van der Waals surface area (Å²) in [5.41, 5.74) is 0.999. The lowest BCUT2D eigenvalue weighted by Gasteiger charge is -2.08.